The zero-order valence-electron chi connectivity index (χ0n) is 21.4. The normalized spacial score (nSPS) is 14.3. The van der Waals surface area contributed by atoms with Gasteiger partial charge < -0.3 is 17.2 Å². The molecule has 0 aliphatic heterocycles. The van der Waals surface area contributed by atoms with Crippen molar-refractivity contribution in [3.05, 3.63) is 34.9 Å². The minimum Gasteiger partial charge on any atom is -0.333 e. The van der Waals surface area contributed by atoms with E-state index in [4.69, 9.17) is 11.5 Å². The van der Waals surface area contributed by atoms with Gasteiger partial charge in [0.25, 0.3) is 0 Å². The molecule has 0 fully saturated rings. The quantitative estimate of drug-likeness (QED) is 0.489. The molecule has 3 heteroatoms. The molecule has 0 radical (unpaired) electrons. The topological polar surface area (TPSA) is 78.1 Å². The lowest BCUT2D eigenvalue weighted by Crippen LogP contribution is -2.39. The molecule has 0 amide bonds. The Morgan fingerprint density at radius 3 is 1.48 bits per heavy atom. The first-order valence-electron chi connectivity index (χ1n) is 11.3. The van der Waals surface area contributed by atoms with E-state index >= 15 is 0 Å². The van der Waals surface area contributed by atoms with Crippen molar-refractivity contribution in [1.29, 1.82) is 0 Å². The first kappa shape index (κ1) is 28.1. The van der Waals surface area contributed by atoms with Gasteiger partial charge >= 0.3 is 0 Å². The van der Waals surface area contributed by atoms with E-state index in [1.807, 2.05) is 0 Å². The Bertz CT molecular complexity index is 619. The fraction of sp³-hybridized carbons (Fsp3) is 0.769. The second kappa shape index (κ2) is 10.4. The van der Waals surface area contributed by atoms with Gasteiger partial charge in [0, 0.05) is 11.6 Å². The van der Waals surface area contributed by atoms with Gasteiger partial charge in [-0.25, -0.2) is 0 Å². The summed E-state index contributed by atoms with van der Waals surface area (Å²) in [7, 11) is 1.50. The summed E-state index contributed by atoms with van der Waals surface area (Å²) >= 11 is 0. The third kappa shape index (κ3) is 8.78. The van der Waals surface area contributed by atoms with E-state index in [1.54, 1.807) is 0 Å². The molecule has 0 aliphatic rings. The lowest BCUT2D eigenvalue weighted by molar-refractivity contribution is 0.348. The molecular formula is C26H51N3. The maximum Gasteiger partial charge on any atom is 0.0105 e. The van der Waals surface area contributed by atoms with Crippen LogP contribution in [-0.4, -0.2) is 18.6 Å². The number of rotatable bonds is 9. The van der Waals surface area contributed by atoms with Crippen molar-refractivity contribution in [1.82, 2.24) is 0 Å². The summed E-state index contributed by atoms with van der Waals surface area (Å²) in [5, 5.41) is 0. The second-order valence-electron chi connectivity index (χ2n) is 11.5. The van der Waals surface area contributed by atoms with Crippen LogP contribution in [0.3, 0.4) is 0 Å². The molecule has 29 heavy (non-hydrogen) atoms. The summed E-state index contributed by atoms with van der Waals surface area (Å²) in [6.07, 6.45) is 4.30. The molecule has 0 saturated carbocycles. The largest absolute Gasteiger partial charge is 0.333 e. The Balaban J connectivity index is 0.00000379. The monoisotopic (exact) mass is 405 g/mol. The van der Waals surface area contributed by atoms with E-state index in [2.05, 4.69) is 93.2 Å². The zero-order chi connectivity index (χ0) is 23.3. The highest BCUT2D eigenvalue weighted by Gasteiger charge is 2.32. The highest BCUT2D eigenvalue weighted by molar-refractivity contribution is 5.41. The summed E-state index contributed by atoms with van der Waals surface area (Å²) in [5.41, 5.74) is 21.4. The first-order chi connectivity index (χ1) is 13.0. The lowest BCUT2D eigenvalue weighted by Gasteiger charge is -2.37. The number of hydrogen-bond acceptors (Lipinski definition) is 3. The molecule has 0 aliphatic carbocycles. The first-order valence-corrected chi connectivity index (χ1v) is 11.3. The summed E-state index contributed by atoms with van der Waals surface area (Å²) < 4.78 is 0. The smallest absolute Gasteiger partial charge is 0.0105 e. The van der Waals surface area contributed by atoms with E-state index < -0.39 is 0 Å². The fourth-order valence-electron chi connectivity index (χ4n) is 4.73. The summed E-state index contributed by atoms with van der Waals surface area (Å²) in [6.45, 7) is 22.7. The van der Waals surface area contributed by atoms with Gasteiger partial charge in [0.15, 0.2) is 0 Å². The van der Waals surface area contributed by atoms with E-state index in [0.29, 0.717) is 0 Å². The third-order valence-corrected chi connectivity index (χ3v) is 5.88. The molecule has 6 N–H and O–H groups in total. The average molecular weight is 406 g/mol. The van der Waals surface area contributed by atoms with Crippen LogP contribution >= 0.6 is 0 Å². The van der Waals surface area contributed by atoms with Crippen LogP contribution < -0.4 is 17.2 Å². The molecule has 1 aromatic carbocycles. The fourth-order valence-corrected chi connectivity index (χ4v) is 4.73. The van der Waals surface area contributed by atoms with Gasteiger partial charge in [0.2, 0.25) is 0 Å². The molecule has 0 saturated heterocycles. The average Bonchev–Trinajstić information content (AvgIpc) is 2.53. The van der Waals surface area contributed by atoms with Crippen molar-refractivity contribution in [2.45, 2.75) is 123 Å². The van der Waals surface area contributed by atoms with E-state index in [-0.39, 0.29) is 27.8 Å². The van der Waals surface area contributed by atoms with Crippen LogP contribution in [0, 0.1) is 0 Å². The zero-order valence-corrected chi connectivity index (χ0v) is 21.4. The molecule has 0 bridgehead atoms. The maximum atomic E-state index is 6.40. The number of nitrogens with two attached hydrogens (primary N) is 3. The Morgan fingerprint density at radius 1 is 0.759 bits per heavy atom. The summed E-state index contributed by atoms with van der Waals surface area (Å²) in [5.74, 6) is 0. The lowest BCUT2D eigenvalue weighted by atomic mass is 9.69. The van der Waals surface area contributed by atoms with Crippen molar-refractivity contribution in [2.24, 2.45) is 17.2 Å². The van der Waals surface area contributed by atoms with Crippen LogP contribution in [-0.2, 0) is 16.2 Å². The van der Waals surface area contributed by atoms with Crippen LogP contribution in [0.15, 0.2) is 18.2 Å². The van der Waals surface area contributed by atoms with Crippen molar-refractivity contribution < 1.29 is 0 Å². The maximum absolute atomic E-state index is 6.40. The van der Waals surface area contributed by atoms with Crippen molar-refractivity contribution in [3.63, 3.8) is 0 Å². The van der Waals surface area contributed by atoms with Crippen LogP contribution in [0.2, 0.25) is 0 Å². The van der Waals surface area contributed by atoms with Crippen molar-refractivity contribution in [2.75, 3.05) is 7.05 Å². The SMILES string of the molecule is CCCC(C)(C)c1cc(C(C)(C)CC(C)N)cc(C(C)(C)CC(C)(C)N)c1.CN. The third-order valence-electron chi connectivity index (χ3n) is 5.88. The van der Waals surface area contributed by atoms with Crippen LogP contribution in [0.5, 0.6) is 0 Å². The van der Waals surface area contributed by atoms with Gasteiger partial charge in [-0.1, -0.05) is 73.1 Å². The molecule has 0 heterocycles. The van der Waals surface area contributed by atoms with Gasteiger partial charge in [-0.2, -0.15) is 0 Å². The molecular weight excluding hydrogens is 354 g/mol. The van der Waals surface area contributed by atoms with Crippen molar-refractivity contribution >= 4 is 0 Å². The van der Waals surface area contributed by atoms with E-state index in [9.17, 15) is 0 Å². The standard InChI is InChI=1S/C25H46N2.CH5N/c1-11-12-22(3,4)19-13-20(23(5,6)16-18(2)26)15-21(14-19)24(7,8)17-25(9,10)27;1-2/h13-15,18H,11-12,16-17,26-27H2,1-10H3;2H2,1H3. The molecule has 1 aromatic rings. The molecule has 1 atom stereocenters. The molecule has 1 unspecified atom stereocenters. The highest BCUT2D eigenvalue weighted by Crippen LogP contribution is 2.40. The predicted octanol–water partition coefficient (Wildman–Crippen LogP) is 5.76. The Hall–Kier alpha value is -0.900. The second-order valence-corrected chi connectivity index (χ2v) is 11.5. The summed E-state index contributed by atoms with van der Waals surface area (Å²) in [4.78, 5) is 0. The van der Waals surface area contributed by atoms with Crippen LogP contribution in [0.25, 0.3) is 0 Å². The molecule has 1 rings (SSSR count). The summed E-state index contributed by atoms with van der Waals surface area (Å²) in [6, 6.07) is 7.48. The van der Waals surface area contributed by atoms with E-state index in [0.717, 1.165) is 12.8 Å². The Labute approximate surface area is 182 Å². The minimum atomic E-state index is -0.195. The van der Waals surface area contributed by atoms with Crippen LogP contribution in [0.1, 0.15) is 112 Å². The van der Waals surface area contributed by atoms with Crippen molar-refractivity contribution in [3.8, 4) is 0 Å². The van der Waals surface area contributed by atoms with E-state index in [1.165, 1.54) is 36.6 Å². The molecule has 0 aromatic heterocycles. The number of hydrogen-bond donors (Lipinski definition) is 3. The van der Waals surface area contributed by atoms with Gasteiger partial charge in [-0.3, -0.25) is 0 Å². The highest BCUT2D eigenvalue weighted by atomic mass is 14.7. The number of benzene rings is 1. The Morgan fingerprint density at radius 2 is 1.14 bits per heavy atom. The molecule has 0 spiro atoms. The Kier molecular flexibility index (Phi) is 10.1. The van der Waals surface area contributed by atoms with Gasteiger partial charge in [0.05, 0.1) is 0 Å². The van der Waals surface area contributed by atoms with Gasteiger partial charge in [-0.15, -0.1) is 0 Å². The molecule has 170 valence electrons. The van der Waals surface area contributed by atoms with Gasteiger partial charge in [0.1, 0.15) is 0 Å². The minimum absolute atomic E-state index is 0.0235. The predicted molar refractivity (Wildman–Crippen MR) is 132 cm³/mol. The molecule has 3 nitrogen and oxygen atoms in total. The van der Waals surface area contributed by atoms with Gasteiger partial charge in [-0.05, 0) is 80.0 Å². The van der Waals surface area contributed by atoms with Crippen LogP contribution in [0.4, 0.5) is 0 Å².